The number of benzene rings is 2. The zero-order valence-corrected chi connectivity index (χ0v) is 11.6. The molecule has 1 heterocycles. The Morgan fingerprint density at radius 2 is 1.85 bits per heavy atom. The van der Waals surface area contributed by atoms with Gasteiger partial charge in [0.15, 0.2) is 5.82 Å². The highest BCUT2D eigenvalue weighted by Crippen LogP contribution is 2.31. The number of nitrogens with zero attached hydrogens (tertiary/aromatic N) is 1. The van der Waals surface area contributed by atoms with Crippen molar-refractivity contribution >= 4 is 28.2 Å². The smallest absolute Gasteiger partial charge is 0.168 e. The summed E-state index contributed by atoms with van der Waals surface area (Å²) in [6.45, 7) is 0. The third-order valence-electron chi connectivity index (χ3n) is 3.21. The Labute approximate surface area is 121 Å². The van der Waals surface area contributed by atoms with Crippen LogP contribution in [0.5, 0.6) is 0 Å². The highest BCUT2D eigenvalue weighted by molar-refractivity contribution is 6.31. The average molecular weight is 287 g/mol. The lowest BCUT2D eigenvalue weighted by Gasteiger charge is -2.10. The van der Waals surface area contributed by atoms with Crippen LogP contribution < -0.4 is 5.32 Å². The second-order valence-corrected chi connectivity index (χ2v) is 4.84. The molecule has 0 aliphatic carbocycles. The van der Waals surface area contributed by atoms with E-state index in [1.165, 1.54) is 0 Å². The van der Waals surface area contributed by atoms with Gasteiger partial charge >= 0.3 is 0 Å². The molecule has 100 valence electrons. The van der Waals surface area contributed by atoms with E-state index in [4.69, 9.17) is 11.6 Å². The molecule has 0 spiro atoms. The lowest BCUT2D eigenvalue weighted by Crippen LogP contribution is -1.96. The van der Waals surface area contributed by atoms with Crippen molar-refractivity contribution in [2.45, 2.75) is 0 Å². The first-order chi connectivity index (χ1) is 9.70. The van der Waals surface area contributed by atoms with E-state index in [2.05, 4.69) is 10.3 Å². The lowest BCUT2D eigenvalue weighted by atomic mass is 10.1. The molecule has 0 saturated carbocycles. The van der Waals surface area contributed by atoms with E-state index in [1.807, 2.05) is 36.4 Å². The van der Waals surface area contributed by atoms with Gasteiger partial charge in [0.05, 0.1) is 10.7 Å². The highest BCUT2D eigenvalue weighted by Gasteiger charge is 2.12. The molecule has 3 rings (SSSR count). The molecule has 1 N–H and O–H groups in total. The molecule has 2 nitrogen and oxygen atoms in total. The molecule has 0 amide bonds. The summed E-state index contributed by atoms with van der Waals surface area (Å²) in [6.07, 6.45) is 0. The number of hydrogen-bond acceptors (Lipinski definition) is 2. The normalized spacial score (nSPS) is 10.8. The van der Waals surface area contributed by atoms with Crippen LogP contribution in [0.2, 0.25) is 5.02 Å². The fourth-order valence-electron chi connectivity index (χ4n) is 2.20. The minimum absolute atomic E-state index is 0.0808. The van der Waals surface area contributed by atoms with Gasteiger partial charge in [-0.05, 0) is 18.2 Å². The molecular formula is C16H12ClFN2. The van der Waals surface area contributed by atoms with Gasteiger partial charge in [0.2, 0.25) is 0 Å². The summed E-state index contributed by atoms with van der Waals surface area (Å²) in [5.74, 6) is -0.488. The first-order valence-electron chi connectivity index (χ1n) is 6.22. The van der Waals surface area contributed by atoms with E-state index in [0.29, 0.717) is 11.1 Å². The van der Waals surface area contributed by atoms with Crippen LogP contribution in [0.3, 0.4) is 0 Å². The number of rotatable bonds is 2. The van der Waals surface area contributed by atoms with Crippen molar-refractivity contribution in [2.75, 3.05) is 12.4 Å². The van der Waals surface area contributed by atoms with E-state index >= 15 is 0 Å². The van der Waals surface area contributed by atoms with Crippen molar-refractivity contribution in [3.8, 4) is 11.3 Å². The van der Waals surface area contributed by atoms with Crippen LogP contribution in [0.4, 0.5) is 10.1 Å². The van der Waals surface area contributed by atoms with Crippen LogP contribution in [-0.4, -0.2) is 12.0 Å². The molecule has 0 fully saturated rings. The molecule has 0 saturated heterocycles. The average Bonchev–Trinajstić information content (AvgIpc) is 2.51. The zero-order valence-electron chi connectivity index (χ0n) is 10.8. The molecule has 0 bridgehead atoms. The largest absolute Gasteiger partial charge is 0.388 e. The predicted octanol–water partition coefficient (Wildman–Crippen LogP) is 4.74. The van der Waals surface area contributed by atoms with Crippen molar-refractivity contribution in [3.05, 3.63) is 59.4 Å². The third kappa shape index (κ3) is 2.10. The Balaban J connectivity index is 2.33. The van der Waals surface area contributed by atoms with Gasteiger partial charge in [-0.1, -0.05) is 41.9 Å². The van der Waals surface area contributed by atoms with Crippen molar-refractivity contribution in [2.24, 2.45) is 0 Å². The standard InChI is InChI=1S/C16H12ClFN2/c1-19-14-9-13(10-5-3-2-4-6-10)20-16-11(14)7-8-12(17)15(16)18/h2-9H,1H3,(H,19,20). The topological polar surface area (TPSA) is 24.9 Å². The van der Waals surface area contributed by atoms with E-state index < -0.39 is 5.82 Å². The second kappa shape index (κ2) is 5.10. The van der Waals surface area contributed by atoms with E-state index in [0.717, 1.165) is 11.3 Å². The Kier molecular flexibility index (Phi) is 3.28. The number of hydrogen-bond donors (Lipinski definition) is 1. The summed E-state index contributed by atoms with van der Waals surface area (Å²) in [4.78, 5) is 4.42. The van der Waals surface area contributed by atoms with Crippen LogP contribution in [-0.2, 0) is 0 Å². The summed E-state index contributed by atoms with van der Waals surface area (Å²) >= 11 is 5.85. The van der Waals surface area contributed by atoms with E-state index in [9.17, 15) is 4.39 Å². The van der Waals surface area contributed by atoms with Crippen molar-refractivity contribution in [1.29, 1.82) is 0 Å². The summed E-state index contributed by atoms with van der Waals surface area (Å²) in [7, 11) is 1.80. The van der Waals surface area contributed by atoms with Gasteiger partial charge in [-0.3, -0.25) is 0 Å². The molecule has 2 aromatic carbocycles. The summed E-state index contributed by atoms with van der Waals surface area (Å²) < 4.78 is 14.2. The SMILES string of the molecule is CNc1cc(-c2ccccc2)nc2c(F)c(Cl)ccc12. The Hall–Kier alpha value is -2.13. The van der Waals surface area contributed by atoms with Crippen LogP contribution in [0.15, 0.2) is 48.5 Å². The molecule has 0 unspecified atom stereocenters. The number of pyridine rings is 1. The number of aromatic nitrogens is 1. The van der Waals surface area contributed by atoms with Gasteiger partial charge in [-0.2, -0.15) is 0 Å². The monoisotopic (exact) mass is 286 g/mol. The maximum atomic E-state index is 14.2. The lowest BCUT2D eigenvalue weighted by molar-refractivity contribution is 0.637. The summed E-state index contributed by atoms with van der Waals surface area (Å²) in [5.41, 5.74) is 2.75. The molecule has 3 aromatic rings. The molecule has 1 aromatic heterocycles. The van der Waals surface area contributed by atoms with Crippen LogP contribution >= 0.6 is 11.6 Å². The van der Waals surface area contributed by atoms with Crippen LogP contribution in [0.1, 0.15) is 0 Å². The predicted molar refractivity (Wildman–Crippen MR) is 81.7 cm³/mol. The van der Waals surface area contributed by atoms with E-state index in [1.54, 1.807) is 19.2 Å². The quantitative estimate of drug-likeness (QED) is 0.736. The van der Waals surface area contributed by atoms with Gasteiger partial charge in [0, 0.05) is 23.7 Å². The Bertz CT molecular complexity index is 772. The van der Waals surface area contributed by atoms with Crippen molar-refractivity contribution in [3.63, 3.8) is 0 Å². The Morgan fingerprint density at radius 3 is 2.55 bits per heavy atom. The number of anilines is 1. The van der Waals surface area contributed by atoms with Crippen molar-refractivity contribution in [1.82, 2.24) is 4.98 Å². The van der Waals surface area contributed by atoms with Gasteiger partial charge < -0.3 is 5.32 Å². The Morgan fingerprint density at radius 1 is 1.10 bits per heavy atom. The van der Waals surface area contributed by atoms with Gasteiger partial charge in [0.1, 0.15) is 5.52 Å². The van der Waals surface area contributed by atoms with Crippen molar-refractivity contribution < 1.29 is 4.39 Å². The first kappa shape index (κ1) is 12.9. The number of halogens is 2. The number of fused-ring (bicyclic) bond motifs is 1. The molecule has 0 aliphatic heterocycles. The second-order valence-electron chi connectivity index (χ2n) is 4.43. The molecule has 4 heteroatoms. The van der Waals surface area contributed by atoms with Crippen LogP contribution in [0, 0.1) is 5.82 Å². The summed E-state index contributed by atoms with van der Waals surface area (Å²) in [5, 5.41) is 3.87. The first-order valence-corrected chi connectivity index (χ1v) is 6.60. The van der Waals surface area contributed by atoms with Gasteiger partial charge in [-0.15, -0.1) is 0 Å². The fourth-order valence-corrected chi connectivity index (χ4v) is 2.35. The molecule has 0 radical (unpaired) electrons. The molecule has 0 aliphatic rings. The maximum Gasteiger partial charge on any atom is 0.168 e. The van der Waals surface area contributed by atoms with Gasteiger partial charge in [0.25, 0.3) is 0 Å². The van der Waals surface area contributed by atoms with Gasteiger partial charge in [-0.25, -0.2) is 9.37 Å². The minimum atomic E-state index is -0.488. The minimum Gasteiger partial charge on any atom is -0.388 e. The third-order valence-corrected chi connectivity index (χ3v) is 3.50. The number of nitrogens with one attached hydrogen (secondary N) is 1. The maximum absolute atomic E-state index is 14.2. The molecule has 0 atom stereocenters. The van der Waals surface area contributed by atoms with E-state index in [-0.39, 0.29) is 10.5 Å². The van der Waals surface area contributed by atoms with Crippen LogP contribution in [0.25, 0.3) is 22.2 Å². The zero-order chi connectivity index (χ0) is 14.1. The molecule has 20 heavy (non-hydrogen) atoms. The fraction of sp³-hybridized carbons (Fsp3) is 0.0625. The highest BCUT2D eigenvalue weighted by atomic mass is 35.5. The molecular weight excluding hydrogens is 275 g/mol. The summed E-state index contributed by atoms with van der Waals surface area (Å²) in [6, 6.07) is 14.9.